The van der Waals surface area contributed by atoms with E-state index in [4.69, 9.17) is 0 Å². The fourth-order valence-electron chi connectivity index (χ4n) is 4.70. The molecular formula is C20H23N5. The van der Waals surface area contributed by atoms with Gasteiger partial charge in [0.25, 0.3) is 0 Å². The Hall–Kier alpha value is -2.43. The number of aromatic nitrogens is 4. The molecule has 1 saturated carbocycles. The summed E-state index contributed by atoms with van der Waals surface area (Å²) < 4.78 is 2.14. The Balaban J connectivity index is 1.47. The van der Waals surface area contributed by atoms with Gasteiger partial charge in [-0.2, -0.15) is 0 Å². The van der Waals surface area contributed by atoms with E-state index >= 15 is 0 Å². The third-order valence-electron chi connectivity index (χ3n) is 6.10. The first-order chi connectivity index (χ1) is 12.2. The quantitative estimate of drug-likeness (QED) is 0.716. The monoisotopic (exact) mass is 333 g/mol. The first-order valence-corrected chi connectivity index (χ1v) is 9.24. The summed E-state index contributed by atoms with van der Waals surface area (Å²) in [4.78, 5) is 6.83. The number of anilines is 1. The van der Waals surface area contributed by atoms with Crippen molar-refractivity contribution in [2.24, 2.45) is 12.5 Å². The second-order valence-electron chi connectivity index (χ2n) is 7.67. The van der Waals surface area contributed by atoms with Crippen LogP contribution < -0.4 is 4.90 Å². The highest BCUT2D eigenvalue weighted by molar-refractivity contribution is 5.83. The summed E-state index contributed by atoms with van der Waals surface area (Å²) in [6.45, 7) is 2.24. The van der Waals surface area contributed by atoms with Crippen LogP contribution >= 0.6 is 0 Å². The van der Waals surface area contributed by atoms with Crippen molar-refractivity contribution < 1.29 is 0 Å². The van der Waals surface area contributed by atoms with Crippen LogP contribution in [0.1, 0.15) is 32.1 Å². The van der Waals surface area contributed by atoms with Gasteiger partial charge in [0.2, 0.25) is 5.95 Å². The number of nitrogens with zero attached hydrogens (tertiary/aromatic N) is 5. The highest BCUT2D eigenvalue weighted by atomic mass is 15.4. The zero-order valence-electron chi connectivity index (χ0n) is 14.6. The van der Waals surface area contributed by atoms with Crippen molar-refractivity contribution in [3.8, 4) is 11.4 Å². The van der Waals surface area contributed by atoms with Crippen LogP contribution in [-0.2, 0) is 7.05 Å². The van der Waals surface area contributed by atoms with E-state index in [9.17, 15) is 0 Å². The summed E-state index contributed by atoms with van der Waals surface area (Å²) in [6.07, 6.45) is 8.68. The van der Waals surface area contributed by atoms with E-state index in [1.165, 1.54) is 32.1 Å². The average Bonchev–Trinajstić information content (AvgIpc) is 3.36. The molecular weight excluding hydrogens is 310 g/mol. The average molecular weight is 333 g/mol. The summed E-state index contributed by atoms with van der Waals surface area (Å²) in [7, 11) is 2.08. The van der Waals surface area contributed by atoms with Gasteiger partial charge in [-0.05, 0) is 48.9 Å². The van der Waals surface area contributed by atoms with E-state index in [0.717, 1.165) is 41.3 Å². The number of hydrogen-bond donors (Lipinski definition) is 0. The van der Waals surface area contributed by atoms with Gasteiger partial charge in [0.15, 0.2) is 5.82 Å². The minimum atomic E-state index is 0.542. The van der Waals surface area contributed by atoms with E-state index in [1.54, 1.807) is 0 Å². The number of pyridine rings is 1. The Morgan fingerprint density at radius 1 is 1.04 bits per heavy atom. The van der Waals surface area contributed by atoms with E-state index in [2.05, 4.69) is 56.0 Å². The molecule has 25 heavy (non-hydrogen) atoms. The molecule has 1 aliphatic carbocycles. The summed E-state index contributed by atoms with van der Waals surface area (Å²) >= 11 is 0. The molecule has 0 N–H and O–H groups in total. The van der Waals surface area contributed by atoms with Crippen molar-refractivity contribution in [1.82, 2.24) is 19.7 Å². The summed E-state index contributed by atoms with van der Waals surface area (Å²) in [5.41, 5.74) is 2.65. The van der Waals surface area contributed by atoms with E-state index < -0.39 is 0 Å². The SMILES string of the molecule is Cn1c(-c2ccc3ncccc3c2)nnc1N1CCC2(CCCC2)C1. The molecule has 0 atom stereocenters. The van der Waals surface area contributed by atoms with Crippen LogP contribution in [0.3, 0.4) is 0 Å². The Bertz CT molecular complexity index is 923. The van der Waals surface area contributed by atoms with Crippen LogP contribution in [0.25, 0.3) is 22.3 Å². The maximum Gasteiger partial charge on any atom is 0.227 e. The van der Waals surface area contributed by atoms with Crippen LogP contribution in [0.4, 0.5) is 5.95 Å². The Labute approximate surface area is 147 Å². The highest BCUT2D eigenvalue weighted by Crippen LogP contribution is 2.46. The molecule has 128 valence electrons. The van der Waals surface area contributed by atoms with Gasteiger partial charge in [-0.25, -0.2) is 0 Å². The fraction of sp³-hybridized carbons (Fsp3) is 0.450. The van der Waals surface area contributed by atoms with Gasteiger partial charge in [0.1, 0.15) is 0 Å². The molecule has 3 aromatic rings. The van der Waals surface area contributed by atoms with Crippen LogP contribution in [0.2, 0.25) is 0 Å². The molecule has 2 aromatic heterocycles. The lowest BCUT2D eigenvalue weighted by molar-refractivity contribution is 0.340. The normalized spacial score (nSPS) is 19.3. The zero-order valence-corrected chi connectivity index (χ0v) is 14.6. The molecule has 5 nitrogen and oxygen atoms in total. The number of fused-ring (bicyclic) bond motifs is 1. The smallest absolute Gasteiger partial charge is 0.227 e. The summed E-state index contributed by atoms with van der Waals surface area (Å²) in [5.74, 6) is 1.93. The lowest BCUT2D eigenvalue weighted by Crippen LogP contribution is -2.27. The largest absolute Gasteiger partial charge is 0.340 e. The van der Waals surface area contributed by atoms with E-state index in [0.29, 0.717) is 5.41 Å². The molecule has 3 heterocycles. The Morgan fingerprint density at radius 3 is 2.80 bits per heavy atom. The molecule has 1 aliphatic heterocycles. The Morgan fingerprint density at radius 2 is 1.92 bits per heavy atom. The van der Waals surface area contributed by atoms with Crippen LogP contribution in [0, 0.1) is 5.41 Å². The number of benzene rings is 1. The Kier molecular flexibility index (Phi) is 3.30. The molecule has 1 saturated heterocycles. The highest BCUT2D eigenvalue weighted by Gasteiger charge is 2.41. The molecule has 2 aliphatic rings. The number of rotatable bonds is 2. The summed E-state index contributed by atoms with van der Waals surface area (Å²) in [6, 6.07) is 10.4. The van der Waals surface area contributed by atoms with Gasteiger partial charge >= 0.3 is 0 Å². The molecule has 0 amide bonds. The van der Waals surface area contributed by atoms with Crippen molar-refractivity contribution in [3.05, 3.63) is 36.5 Å². The third kappa shape index (κ3) is 2.41. The second-order valence-corrected chi connectivity index (χ2v) is 7.67. The molecule has 0 unspecified atom stereocenters. The number of hydrogen-bond acceptors (Lipinski definition) is 4. The maximum atomic E-state index is 4.53. The summed E-state index contributed by atoms with van der Waals surface area (Å²) in [5, 5.41) is 10.2. The molecule has 5 rings (SSSR count). The maximum absolute atomic E-state index is 4.53. The van der Waals surface area contributed by atoms with E-state index in [1.807, 2.05) is 12.3 Å². The predicted molar refractivity (Wildman–Crippen MR) is 99.5 cm³/mol. The molecule has 2 fully saturated rings. The zero-order chi connectivity index (χ0) is 16.9. The van der Waals surface area contributed by atoms with Crippen LogP contribution in [0.5, 0.6) is 0 Å². The van der Waals surface area contributed by atoms with Gasteiger partial charge < -0.3 is 4.90 Å². The van der Waals surface area contributed by atoms with Crippen molar-refractivity contribution in [2.75, 3.05) is 18.0 Å². The topological polar surface area (TPSA) is 46.8 Å². The van der Waals surface area contributed by atoms with Gasteiger partial charge in [0, 0.05) is 37.3 Å². The third-order valence-corrected chi connectivity index (χ3v) is 6.10. The first kappa shape index (κ1) is 14.9. The predicted octanol–water partition coefficient (Wildman–Crippen LogP) is 3.80. The van der Waals surface area contributed by atoms with Crippen LogP contribution in [-0.4, -0.2) is 32.8 Å². The van der Waals surface area contributed by atoms with Gasteiger partial charge in [-0.3, -0.25) is 9.55 Å². The lowest BCUT2D eigenvalue weighted by atomic mass is 9.86. The van der Waals surface area contributed by atoms with Gasteiger partial charge in [-0.1, -0.05) is 18.9 Å². The minimum Gasteiger partial charge on any atom is -0.340 e. The second kappa shape index (κ2) is 5.55. The van der Waals surface area contributed by atoms with Crippen molar-refractivity contribution >= 4 is 16.9 Å². The van der Waals surface area contributed by atoms with Crippen molar-refractivity contribution in [1.29, 1.82) is 0 Å². The van der Waals surface area contributed by atoms with Gasteiger partial charge in [0.05, 0.1) is 5.52 Å². The molecule has 1 aromatic carbocycles. The van der Waals surface area contributed by atoms with Crippen molar-refractivity contribution in [2.45, 2.75) is 32.1 Å². The fourth-order valence-corrected chi connectivity index (χ4v) is 4.70. The standard InChI is InChI=1S/C20H23N5/c1-24-18(16-6-7-17-15(13-16)5-4-11-21-17)22-23-19(24)25-12-10-20(14-25)8-2-3-9-20/h4-7,11,13H,2-3,8-10,12,14H2,1H3. The molecule has 0 radical (unpaired) electrons. The molecule has 5 heteroatoms. The minimum absolute atomic E-state index is 0.542. The molecule has 0 bridgehead atoms. The van der Waals surface area contributed by atoms with Gasteiger partial charge in [-0.15, -0.1) is 10.2 Å². The van der Waals surface area contributed by atoms with Crippen molar-refractivity contribution in [3.63, 3.8) is 0 Å². The molecule has 1 spiro atoms. The van der Waals surface area contributed by atoms with E-state index in [-0.39, 0.29) is 0 Å². The lowest BCUT2D eigenvalue weighted by Gasteiger charge is -2.23. The first-order valence-electron chi connectivity index (χ1n) is 9.24. The van der Waals surface area contributed by atoms with Crippen LogP contribution in [0.15, 0.2) is 36.5 Å².